The van der Waals surface area contributed by atoms with Crippen LogP contribution in [0.1, 0.15) is 5.56 Å². The molecule has 0 aliphatic carbocycles. The van der Waals surface area contributed by atoms with Crippen molar-refractivity contribution < 1.29 is 19.8 Å². The van der Waals surface area contributed by atoms with Crippen LogP contribution >= 0.6 is 23.1 Å². The number of pyridine rings is 1. The van der Waals surface area contributed by atoms with Crippen molar-refractivity contribution in [3.8, 4) is 11.1 Å². The summed E-state index contributed by atoms with van der Waals surface area (Å²) in [6.07, 6.45) is 0. The second kappa shape index (κ2) is 10.2. The van der Waals surface area contributed by atoms with Crippen LogP contribution < -0.4 is 0 Å². The zero-order chi connectivity index (χ0) is 20.7. The number of fused-ring (bicyclic) bond motifs is 1. The van der Waals surface area contributed by atoms with Gasteiger partial charge >= 0.3 is 11.9 Å². The Labute approximate surface area is 171 Å². The largest absolute Gasteiger partial charge is 0.473 e. The predicted molar refractivity (Wildman–Crippen MR) is 114 cm³/mol. The van der Waals surface area contributed by atoms with Crippen LogP contribution in [0, 0.1) is 6.92 Å². The molecule has 0 amide bonds. The molecule has 0 saturated carbocycles. The van der Waals surface area contributed by atoms with Crippen molar-refractivity contribution in [3.05, 3.63) is 46.7 Å². The number of carboxylic acid groups (broad SMARTS) is 2. The molecule has 6 nitrogen and oxygen atoms in total. The number of aryl methyl sites for hydroxylation is 1. The van der Waals surface area contributed by atoms with E-state index in [1.54, 1.807) is 11.3 Å². The van der Waals surface area contributed by atoms with Gasteiger partial charge in [0.1, 0.15) is 5.03 Å². The van der Waals surface area contributed by atoms with Gasteiger partial charge in [-0.2, -0.15) is 11.3 Å². The molecule has 2 heterocycles. The van der Waals surface area contributed by atoms with Crippen LogP contribution in [0.25, 0.3) is 22.0 Å². The summed E-state index contributed by atoms with van der Waals surface area (Å²) in [4.78, 5) is 25.4. The third kappa shape index (κ3) is 5.79. The fourth-order valence-electron chi connectivity index (χ4n) is 2.52. The molecule has 1 aromatic carbocycles. The van der Waals surface area contributed by atoms with Crippen molar-refractivity contribution in [2.45, 2.75) is 11.9 Å². The summed E-state index contributed by atoms with van der Waals surface area (Å²) in [5.41, 5.74) is 5.00. The van der Waals surface area contributed by atoms with Crippen molar-refractivity contribution in [2.24, 2.45) is 0 Å². The molecule has 2 N–H and O–H groups in total. The molecule has 0 spiro atoms. The van der Waals surface area contributed by atoms with E-state index in [1.807, 2.05) is 11.8 Å². The number of benzene rings is 1. The lowest BCUT2D eigenvalue weighted by Gasteiger charge is -2.15. The number of aromatic nitrogens is 1. The first-order valence-electron chi connectivity index (χ1n) is 8.47. The van der Waals surface area contributed by atoms with E-state index >= 15 is 0 Å². The average Bonchev–Trinajstić information content (AvgIpc) is 3.16. The number of thiophene rings is 1. The molecule has 3 rings (SSSR count). The Morgan fingerprint density at radius 3 is 2.39 bits per heavy atom. The van der Waals surface area contributed by atoms with E-state index in [0.717, 1.165) is 22.8 Å². The lowest BCUT2D eigenvalue weighted by Crippen LogP contribution is -2.14. The van der Waals surface area contributed by atoms with Crippen molar-refractivity contribution >= 4 is 45.9 Å². The van der Waals surface area contributed by atoms with Crippen molar-refractivity contribution in [2.75, 3.05) is 26.4 Å². The van der Waals surface area contributed by atoms with E-state index < -0.39 is 11.9 Å². The molecule has 0 atom stereocenters. The zero-order valence-corrected chi connectivity index (χ0v) is 17.5. The second-order valence-corrected chi connectivity index (χ2v) is 8.07. The number of aliphatic carboxylic acids is 2. The van der Waals surface area contributed by atoms with E-state index in [0.29, 0.717) is 0 Å². The highest BCUT2D eigenvalue weighted by molar-refractivity contribution is 7.99. The van der Waals surface area contributed by atoms with E-state index in [-0.39, 0.29) is 0 Å². The minimum Gasteiger partial charge on any atom is -0.473 e. The van der Waals surface area contributed by atoms with Crippen LogP contribution in [0.2, 0.25) is 0 Å². The lowest BCUT2D eigenvalue weighted by molar-refractivity contribution is -0.159. The van der Waals surface area contributed by atoms with E-state index in [1.165, 1.54) is 22.1 Å². The number of para-hydroxylation sites is 1. The highest BCUT2D eigenvalue weighted by atomic mass is 32.2. The Morgan fingerprint density at radius 2 is 1.82 bits per heavy atom. The third-order valence-corrected chi connectivity index (χ3v) is 5.53. The fourth-order valence-corrected chi connectivity index (χ4v) is 4.40. The SMILES string of the molecule is Cc1c(-c2ccsc2)c(SCCN(C)C)nc2ccccc12.O=C(O)C(=O)O. The number of hydrogen-bond acceptors (Lipinski definition) is 6. The first kappa shape index (κ1) is 21.9. The smallest absolute Gasteiger partial charge is 0.414 e. The Morgan fingerprint density at radius 1 is 1.14 bits per heavy atom. The first-order chi connectivity index (χ1) is 13.3. The molecule has 0 unspecified atom stereocenters. The summed E-state index contributed by atoms with van der Waals surface area (Å²) in [7, 11) is 4.22. The number of hydrogen-bond donors (Lipinski definition) is 2. The standard InChI is InChI=1S/C18H20N2S2.C2H2O4/c1-13-15-6-4-5-7-16(15)19-18(22-11-9-20(2)3)17(13)14-8-10-21-12-14;3-1(4)2(5)6/h4-8,10,12H,9,11H2,1-3H3;(H,3,4)(H,5,6). The van der Waals surface area contributed by atoms with Crippen LogP contribution in [0.4, 0.5) is 0 Å². The van der Waals surface area contributed by atoms with Gasteiger partial charge in [-0.3, -0.25) is 0 Å². The van der Waals surface area contributed by atoms with Crippen molar-refractivity contribution in [1.29, 1.82) is 0 Å². The van der Waals surface area contributed by atoms with Crippen LogP contribution in [0.3, 0.4) is 0 Å². The summed E-state index contributed by atoms with van der Waals surface area (Å²) in [5, 5.41) is 21.5. The van der Waals surface area contributed by atoms with Gasteiger partial charge < -0.3 is 15.1 Å². The quantitative estimate of drug-likeness (QED) is 0.476. The van der Waals surface area contributed by atoms with Gasteiger partial charge in [0, 0.05) is 23.2 Å². The van der Waals surface area contributed by atoms with Gasteiger partial charge in [0.25, 0.3) is 0 Å². The molecule has 2 aromatic heterocycles. The van der Waals surface area contributed by atoms with Crippen LogP contribution in [-0.2, 0) is 9.59 Å². The Bertz CT molecular complexity index is 944. The maximum Gasteiger partial charge on any atom is 0.414 e. The average molecular weight is 419 g/mol. The minimum atomic E-state index is -1.82. The van der Waals surface area contributed by atoms with Gasteiger partial charge in [0.2, 0.25) is 0 Å². The van der Waals surface area contributed by atoms with E-state index in [2.05, 4.69) is 67.0 Å². The summed E-state index contributed by atoms with van der Waals surface area (Å²) >= 11 is 3.60. The lowest BCUT2D eigenvalue weighted by atomic mass is 10.0. The van der Waals surface area contributed by atoms with Gasteiger partial charge in [0.05, 0.1) is 5.52 Å². The second-order valence-electron chi connectivity index (χ2n) is 6.21. The topological polar surface area (TPSA) is 90.7 Å². The molecule has 0 aliphatic rings. The molecule has 0 saturated heterocycles. The number of carboxylic acids is 2. The summed E-state index contributed by atoms with van der Waals surface area (Å²) in [6, 6.07) is 10.6. The van der Waals surface area contributed by atoms with Crippen LogP contribution in [0.5, 0.6) is 0 Å². The molecule has 3 aromatic rings. The number of nitrogens with zero attached hydrogens (tertiary/aromatic N) is 2. The highest BCUT2D eigenvalue weighted by Crippen LogP contribution is 2.37. The van der Waals surface area contributed by atoms with Gasteiger partial charge in [0.15, 0.2) is 0 Å². The van der Waals surface area contributed by atoms with E-state index in [4.69, 9.17) is 24.8 Å². The summed E-state index contributed by atoms with van der Waals surface area (Å²) in [5.74, 6) is -2.60. The highest BCUT2D eigenvalue weighted by Gasteiger charge is 2.14. The maximum atomic E-state index is 9.10. The molecule has 8 heteroatoms. The molecule has 0 bridgehead atoms. The molecular weight excluding hydrogens is 396 g/mol. The van der Waals surface area contributed by atoms with E-state index in [9.17, 15) is 0 Å². The molecule has 0 aliphatic heterocycles. The third-order valence-electron chi connectivity index (χ3n) is 3.89. The van der Waals surface area contributed by atoms with Crippen molar-refractivity contribution in [3.63, 3.8) is 0 Å². The molecule has 0 radical (unpaired) electrons. The summed E-state index contributed by atoms with van der Waals surface area (Å²) in [6.45, 7) is 3.27. The number of thioether (sulfide) groups is 1. The van der Waals surface area contributed by atoms with Crippen LogP contribution in [-0.4, -0.2) is 58.4 Å². The summed E-state index contributed by atoms with van der Waals surface area (Å²) < 4.78 is 0. The monoisotopic (exact) mass is 418 g/mol. The Balaban J connectivity index is 0.000000409. The van der Waals surface area contributed by atoms with Gasteiger partial charge in [-0.25, -0.2) is 14.6 Å². The molecular formula is C20H22N2O4S2. The predicted octanol–water partition coefficient (Wildman–Crippen LogP) is 4.08. The molecule has 148 valence electrons. The van der Waals surface area contributed by atoms with Crippen molar-refractivity contribution in [1.82, 2.24) is 9.88 Å². The maximum absolute atomic E-state index is 9.10. The Kier molecular flexibility index (Phi) is 7.98. The molecule has 0 fully saturated rings. The first-order valence-corrected chi connectivity index (χ1v) is 10.4. The fraction of sp³-hybridized carbons (Fsp3) is 0.250. The van der Waals surface area contributed by atoms with Gasteiger partial charge in [-0.1, -0.05) is 18.2 Å². The van der Waals surface area contributed by atoms with Crippen LogP contribution in [0.15, 0.2) is 46.1 Å². The van der Waals surface area contributed by atoms with Gasteiger partial charge in [-0.05, 0) is 55.0 Å². The normalized spacial score (nSPS) is 10.6. The molecule has 28 heavy (non-hydrogen) atoms. The zero-order valence-electron chi connectivity index (χ0n) is 15.9. The number of rotatable bonds is 5. The minimum absolute atomic E-state index is 1.05. The number of carbonyl (C=O) groups is 2. The van der Waals surface area contributed by atoms with Gasteiger partial charge in [-0.15, -0.1) is 11.8 Å². The Hall–Kier alpha value is -2.42.